The molecule has 0 amide bonds. The van der Waals surface area contributed by atoms with Crippen molar-refractivity contribution < 1.29 is 9.15 Å². The van der Waals surface area contributed by atoms with Crippen LogP contribution in [0.4, 0.5) is 11.4 Å². The summed E-state index contributed by atoms with van der Waals surface area (Å²) in [4.78, 5) is 0. The van der Waals surface area contributed by atoms with Gasteiger partial charge in [0.15, 0.2) is 0 Å². The van der Waals surface area contributed by atoms with Crippen molar-refractivity contribution in [3.05, 3.63) is 41.9 Å². The highest BCUT2D eigenvalue weighted by atomic mass is 16.5. The van der Waals surface area contributed by atoms with Gasteiger partial charge in [-0.25, -0.2) is 0 Å². The van der Waals surface area contributed by atoms with E-state index in [9.17, 15) is 0 Å². The molecule has 2 rings (SSSR count). The molecule has 0 aliphatic rings. The first-order valence-corrected chi connectivity index (χ1v) is 6.40. The lowest BCUT2D eigenvalue weighted by molar-refractivity contribution is 0.244. The van der Waals surface area contributed by atoms with Gasteiger partial charge in [-0.1, -0.05) is 0 Å². The molecule has 102 valence electrons. The third-order valence-electron chi connectivity index (χ3n) is 2.64. The number of hydrogen-bond donors (Lipinski definition) is 2. The Morgan fingerprint density at radius 3 is 2.68 bits per heavy atom. The lowest BCUT2D eigenvalue weighted by Crippen LogP contribution is -2.08. The number of anilines is 2. The summed E-state index contributed by atoms with van der Waals surface area (Å²) < 4.78 is 11.2. The lowest BCUT2D eigenvalue weighted by atomic mass is 10.2. The fourth-order valence-corrected chi connectivity index (χ4v) is 1.77. The molecule has 0 saturated heterocycles. The van der Waals surface area contributed by atoms with E-state index >= 15 is 0 Å². The van der Waals surface area contributed by atoms with Crippen LogP contribution < -0.4 is 15.8 Å². The van der Waals surface area contributed by atoms with Crippen molar-refractivity contribution in [3.8, 4) is 5.75 Å². The molecule has 2 aromatic rings. The first-order chi connectivity index (χ1) is 9.04. The van der Waals surface area contributed by atoms with Gasteiger partial charge in [-0.2, -0.15) is 0 Å². The molecule has 0 aliphatic carbocycles. The van der Waals surface area contributed by atoms with E-state index in [-0.39, 0.29) is 6.10 Å². The molecule has 1 heterocycles. The van der Waals surface area contributed by atoms with Gasteiger partial charge in [0.25, 0.3) is 0 Å². The minimum absolute atomic E-state index is 0.102. The molecule has 1 aromatic carbocycles. The number of benzene rings is 1. The van der Waals surface area contributed by atoms with E-state index in [0.717, 1.165) is 17.2 Å². The zero-order valence-corrected chi connectivity index (χ0v) is 11.6. The van der Waals surface area contributed by atoms with Crippen LogP contribution in [0.1, 0.15) is 25.4 Å². The Morgan fingerprint density at radius 1 is 1.26 bits per heavy atom. The summed E-state index contributed by atoms with van der Waals surface area (Å²) in [6.07, 6.45) is 0.102. The number of ether oxygens (including phenoxy) is 1. The monoisotopic (exact) mass is 260 g/mol. The fraction of sp³-hybridized carbons (Fsp3) is 0.333. The Kier molecular flexibility index (Phi) is 4.00. The molecule has 0 atom stereocenters. The molecule has 0 radical (unpaired) electrons. The van der Waals surface area contributed by atoms with Gasteiger partial charge in [-0.15, -0.1) is 0 Å². The third kappa shape index (κ3) is 3.68. The Hall–Kier alpha value is -2.10. The van der Waals surface area contributed by atoms with E-state index in [2.05, 4.69) is 5.32 Å². The molecule has 3 N–H and O–H groups in total. The molecule has 4 heteroatoms. The number of furan rings is 1. The maximum absolute atomic E-state index is 5.88. The van der Waals surface area contributed by atoms with Crippen molar-refractivity contribution in [2.75, 3.05) is 11.1 Å². The predicted octanol–water partition coefficient (Wildman–Crippen LogP) is 3.57. The van der Waals surface area contributed by atoms with E-state index in [0.29, 0.717) is 18.0 Å². The first kappa shape index (κ1) is 13.3. The van der Waals surface area contributed by atoms with E-state index in [1.54, 1.807) is 0 Å². The molecule has 0 aliphatic heterocycles. The number of nitrogen functional groups attached to an aromatic ring is 1. The predicted molar refractivity (Wildman–Crippen MR) is 77.4 cm³/mol. The Labute approximate surface area is 113 Å². The Balaban J connectivity index is 2.04. The number of hydrogen-bond acceptors (Lipinski definition) is 4. The number of nitrogens with two attached hydrogens (primary N) is 1. The summed E-state index contributed by atoms with van der Waals surface area (Å²) >= 11 is 0. The van der Waals surface area contributed by atoms with Crippen molar-refractivity contribution in [2.24, 2.45) is 0 Å². The highest BCUT2D eigenvalue weighted by Gasteiger charge is 2.05. The quantitative estimate of drug-likeness (QED) is 0.807. The fourth-order valence-electron chi connectivity index (χ4n) is 1.77. The summed E-state index contributed by atoms with van der Waals surface area (Å²) in [5.41, 5.74) is 7.48. The topological polar surface area (TPSA) is 60.4 Å². The van der Waals surface area contributed by atoms with Crippen LogP contribution in [0.3, 0.4) is 0 Å². The summed E-state index contributed by atoms with van der Waals surface area (Å²) in [6.45, 7) is 6.52. The average molecular weight is 260 g/mol. The van der Waals surface area contributed by atoms with Crippen LogP contribution >= 0.6 is 0 Å². The SMILES string of the molecule is Cc1ccc(CNc2ccc(N)c(OC(C)C)c2)o1. The molecule has 0 bridgehead atoms. The number of aryl methyl sites for hydroxylation is 1. The second-order valence-electron chi connectivity index (χ2n) is 4.79. The minimum Gasteiger partial charge on any atom is -0.489 e. The van der Waals surface area contributed by atoms with E-state index < -0.39 is 0 Å². The maximum Gasteiger partial charge on any atom is 0.144 e. The molecule has 4 nitrogen and oxygen atoms in total. The van der Waals surface area contributed by atoms with Crippen LogP contribution in [-0.4, -0.2) is 6.10 Å². The molecular weight excluding hydrogens is 240 g/mol. The largest absolute Gasteiger partial charge is 0.489 e. The van der Waals surface area contributed by atoms with Crippen LogP contribution in [0, 0.1) is 6.92 Å². The zero-order valence-electron chi connectivity index (χ0n) is 11.6. The maximum atomic E-state index is 5.88. The van der Waals surface area contributed by atoms with Crippen molar-refractivity contribution in [3.63, 3.8) is 0 Å². The van der Waals surface area contributed by atoms with Gasteiger partial charge in [0.05, 0.1) is 18.3 Å². The van der Waals surface area contributed by atoms with Gasteiger partial charge in [0.1, 0.15) is 17.3 Å². The number of nitrogens with one attached hydrogen (secondary N) is 1. The van der Waals surface area contributed by atoms with Gasteiger partial charge in [-0.05, 0) is 45.0 Å². The number of rotatable bonds is 5. The van der Waals surface area contributed by atoms with Gasteiger partial charge < -0.3 is 20.2 Å². The standard InChI is InChI=1S/C15H20N2O2/c1-10(2)18-15-8-12(5-7-14(15)16)17-9-13-6-4-11(3)19-13/h4-8,10,17H,9,16H2,1-3H3. The zero-order chi connectivity index (χ0) is 13.8. The van der Waals surface area contributed by atoms with Gasteiger partial charge >= 0.3 is 0 Å². The molecule has 0 spiro atoms. The van der Waals surface area contributed by atoms with Crippen molar-refractivity contribution >= 4 is 11.4 Å². The normalized spacial score (nSPS) is 10.7. The molecular formula is C15H20N2O2. The second-order valence-corrected chi connectivity index (χ2v) is 4.79. The van der Waals surface area contributed by atoms with E-state index in [4.69, 9.17) is 14.9 Å². The smallest absolute Gasteiger partial charge is 0.144 e. The van der Waals surface area contributed by atoms with E-state index in [1.807, 2.05) is 51.1 Å². The summed E-state index contributed by atoms with van der Waals surface area (Å²) in [6, 6.07) is 9.59. The Morgan fingerprint density at radius 2 is 2.05 bits per heavy atom. The van der Waals surface area contributed by atoms with Crippen LogP contribution in [0.25, 0.3) is 0 Å². The van der Waals surface area contributed by atoms with Crippen LogP contribution in [0.5, 0.6) is 5.75 Å². The highest BCUT2D eigenvalue weighted by molar-refractivity contribution is 5.61. The minimum atomic E-state index is 0.102. The highest BCUT2D eigenvalue weighted by Crippen LogP contribution is 2.26. The van der Waals surface area contributed by atoms with Crippen LogP contribution in [0.2, 0.25) is 0 Å². The summed E-state index contributed by atoms with van der Waals surface area (Å²) in [5, 5.41) is 3.29. The van der Waals surface area contributed by atoms with Crippen molar-refractivity contribution in [2.45, 2.75) is 33.4 Å². The van der Waals surface area contributed by atoms with Gasteiger partial charge in [0, 0.05) is 11.8 Å². The van der Waals surface area contributed by atoms with Crippen LogP contribution in [0.15, 0.2) is 34.7 Å². The molecule has 0 unspecified atom stereocenters. The molecule has 0 saturated carbocycles. The second kappa shape index (κ2) is 5.69. The van der Waals surface area contributed by atoms with Gasteiger partial charge in [0.2, 0.25) is 0 Å². The van der Waals surface area contributed by atoms with Crippen LogP contribution in [-0.2, 0) is 6.54 Å². The summed E-state index contributed by atoms with van der Waals surface area (Å²) in [7, 11) is 0. The molecule has 0 fully saturated rings. The van der Waals surface area contributed by atoms with E-state index in [1.165, 1.54) is 0 Å². The summed E-state index contributed by atoms with van der Waals surface area (Å²) in [5.74, 6) is 2.52. The molecule has 19 heavy (non-hydrogen) atoms. The van der Waals surface area contributed by atoms with Crippen molar-refractivity contribution in [1.29, 1.82) is 0 Å². The lowest BCUT2D eigenvalue weighted by Gasteiger charge is -2.14. The Bertz CT molecular complexity index is 547. The molecule has 1 aromatic heterocycles. The van der Waals surface area contributed by atoms with Gasteiger partial charge in [-0.3, -0.25) is 0 Å². The average Bonchev–Trinajstić information content (AvgIpc) is 2.75. The van der Waals surface area contributed by atoms with Crippen molar-refractivity contribution in [1.82, 2.24) is 0 Å². The third-order valence-corrected chi connectivity index (χ3v) is 2.64. The first-order valence-electron chi connectivity index (χ1n) is 6.40.